The van der Waals surface area contributed by atoms with Crippen molar-refractivity contribution in [1.29, 1.82) is 0 Å². The molecule has 2 aromatic rings. The third-order valence-electron chi connectivity index (χ3n) is 5.67. The van der Waals surface area contributed by atoms with Gasteiger partial charge in [0.15, 0.2) is 17.4 Å². The molecule has 0 saturated carbocycles. The van der Waals surface area contributed by atoms with Crippen molar-refractivity contribution in [2.24, 2.45) is 4.99 Å². The van der Waals surface area contributed by atoms with Gasteiger partial charge in [-0.05, 0) is 45.0 Å². The molecule has 1 saturated heterocycles. The predicted octanol–water partition coefficient (Wildman–Crippen LogP) is 4.47. The molecule has 5 atom stereocenters. The van der Waals surface area contributed by atoms with Crippen LogP contribution >= 0.6 is 11.8 Å². The second-order valence-electron chi connectivity index (χ2n) is 9.75. The summed E-state index contributed by atoms with van der Waals surface area (Å²) in [5.74, 6) is -1.37. The van der Waals surface area contributed by atoms with Gasteiger partial charge in [0.1, 0.15) is 29.8 Å². The lowest BCUT2D eigenvalue weighted by atomic mass is 9.99. The first-order valence-corrected chi connectivity index (χ1v) is 12.9. The summed E-state index contributed by atoms with van der Waals surface area (Å²) in [7, 11) is 1.47. The average Bonchev–Trinajstić information content (AvgIpc) is 3.33. The van der Waals surface area contributed by atoms with Gasteiger partial charge in [0.2, 0.25) is 0 Å². The smallest absolute Gasteiger partial charge is 0.416 e. The molecule has 0 bridgehead atoms. The van der Waals surface area contributed by atoms with Crippen molar-refractivity contribution < 1.29 is 37.7 Å². The molecule has 4 rings (SSSR count). The number of aliphatic imine (C=N–C) groups is 1. The summed E-state index contributed by atoms with van der Waals surface area (Å²) in [6.45, 7) is 4.84. The number of alkyl halides is 1. The highest BCUT2D eigenvalue weighted by Gasteiger charge is 2.53. The van der Waals surface area contributed by atoms with Crippen LogP contribution < -0.4 is 0 Å². The summed E-state index contributed by atoms with van der Waals surface area (Å²) in [6, 6.07) is 15.4. The molecule has 1 fully saturated rings. The highest BCUT2D eigenvalue weighted by Crippen LogP contribution is 2.40. The number of thioether (sulfide) groups is 1. The van der Waals surface area contributed by atoms with E-state index in [1.807, 2.05) is 0 Å². The number of carbonyl (C=O) groups excluding carboxylic acids is 3. The van der Waals surface area contributed by atoms with Crippen molar-refractivity contribution in [3.63, 3.8) is 0 Å². The van der Waals surface area contributed by atoms with Crippen LogP contribution in [-0.2, 0) is 18.9 Å². The van der Waals surface area contributed by atoms with Gasteiger partial charge in [-0.25, -0.2) is 18.8 Å². The van der Waals surface area contributed by atoms with E-state index in [0.29, 0.717) is 5.56 Å². The molecule has 0 N–H and O–H groups in total. The molecular formula is C27H29FN2O7S. The average molecular weight is 545 g/mol. The topological polar surface area (TPSA) is 104 Å². The summed E-state index contributed by atoms with van der Waals surface area (Å²) in [4.78, 5) is 43.4. The van der Waals surface area contributed by atoms with Crippen LogP contribution in [0, 0.1) is 0 Å². The lowest BCUT2D eigenvalue weighted by Crippen LogP contribution is -2.56. The molecule has 11 heteroatoms. The number of fused-ring (bicyclic) bond motifs is 1. The number of nitrogens with zero attached hydrogens (tertiary/aromatic N) is 2. The molecule has 0 radical (unpaired) electrons. The van der Waals surface area contributed by atoms with Gasteiger partial charge >= 0.3 is 18.0 Å². The van der Waals surface area contributed by atoms with Gasteiger partial charge in [0.25, 0.3) is 0 Å². The van der Waals surface area contributed by atoms with Crippen LogP contribution in [0.15, 0.2) is 65.7 Å². The fraction of sp³-hybridized carbons (Fsp3) is 0.407. The summed E-state index contributed by atoms with van der Waals surface area (Å²) in [5.41, 5.74) is -1.02. The molecule has 0 aliphatic carbocycles. The fourth-order valence-electron chi connectivity index (χ4n) is 3.80. The van der Waals surface area contributed by atoms with Crippen LogP contribution in [0.3, 0.4) is 0 Å². The zero-order chi connectivity index (χ0) is 27.4. The van der Waals surface area contributed by atoms with E-state index >= 15 is 4.39 Å². The highest BCUT2D eigenvalue weighted by molar-refractivity contribution is 8.14. The van der Waals surface area contributed by atoms with Crippen molar-refractivity contribution in [3.05, 3.63) is 71.8 Å². The van der Waals surface area contributed by atoms with Gasteiger partial charge in [0.05, 0.1) is 11.1 Å². The number of rotatable bonds is 5. The Morgan fingerprint density at radius 3 is 2.16 bits per heavy atom. The van der Waals surface area contributed by atoms with Crippen LogP contribution in [-0.4, -0.2) is 77.2 Å². The van der Waals surface area contributed by atoms with Gasteiger partial charge in [-0.2, -0.15) is 0 Å². The Balaban J connectivity index is 1.52. The van der Waals surface area contributed by atoms with Crippen molar-refractivity contribution in [2.45, 2.75) is 56.2 Å². The molecule has 0 spiro atoms. The monoisotopic (exact) mass is 544 g/mol. The Morgan fingerprint density at radius 1 is 1.00 bits per heavy atom. The fourth-order valence-corrected chi connectivity index (χ4v) is 4.97. The number of amides is 1. The maximum absolute atomic E-state index is 15.9. The highest BCUT2D eigenvalue weighted by atomic mass is 32.2. The molecule has 2 heterocycles. The number of amidine groups is 1. The van der Waals surface area contributed by atoms with Crippen LogP contribution in [0.4, 0.5) is 9.18 Å². The van der Waals surface area contributed by atoms with Crippen LogP contribution in [0.2, 0.25) is 0 Å². The van der Waals surface area contributed by atoms with Crippen molar-refractivity contribution in [2.75, 3.05) is 13.7 Å². The maximum Gasteiger partial charge on any atom is 0.416 e. The number of ether oxygens (including phenoxy) is 4. The standard InChI is InChI=1S/C27H29FN2O7S/c1-27(2,3)37-26(33)30(4)25-29-20-19(28)21(36-23(32)17-13-9-6-10-14-17)18(35-24(20)38-25)15-34-22(31)16-11-7-5-8-12-16/h5-14,18-21,24H,15H2,1-4H3/t18-,19+,20-,21-,24-/m1/s1. The lowest BCUT2D eigenvalue weighted by Gasteiger charge is -2.38. The third-order valence-corrected chi connectivity index (χ3v) is 6.88. The minimum Gasteiger partial charge on any atom is -0.459 e. The minimum atomic E-state index is -1.79. The summed E-state index contributed by atoms with van der Waals surface area (Å²) >= 11 is 1.04. The molecule has 202 valence electrons. The zero-order valence-corrected chi connectivity index (χ0v) is 22.2. The van der Waals surface area contributed by atoms with Crippen molar-refractivity contribution in [1.82, 2.24) is 4.90 Å². The normalized spacial score (nSPS) is 24.6. The Bertz CT molecular complexity index is 1190. The van der Waals surface area contributed by atoms with Crippen LogP contribution in [0.5, 0.6) is 0 Å². The van der Waals surface area contributed by atoms with E-state index < -0.39 is 53.5 Å². The molecule has 2 aliphatic rings. The second kappa shape index (κ2) is 11.5. The number of carbonyl (C=O) groups is 3. The molecule has 2 aliphatic heterocycles. The van der Waals surface area contributed by atoms with E-state index in [2.05, 4.69) is 4.99 Å². The Kier molecular flexibility index (Phi) is 8.37. The van der Waals surface area contributed by atoms with Gasteiger partial charge in [-0.15, -0.1) is 0 Å². The summed E-state index contributed by atoms with van der Waals surface area (Å²) < 4.78 is 38.3. The Labute approximate surface area is 224 Å². The van der Waals surface area contributed by atoms with Crippen LogP contribution in [0.1, 0.15) is 41.5 Å². The number of esters is 2. The quantitative estimate of drug-likeness (QED) is 0.401. The van der Waals surface area contributed by atoms with E-state index in [9.17, 15) is 14.4 Å². The molecule has 1 amide bonds. The van der Waals surface area contributed by atoms with Gasteiger partial charge < -0.3 is 18.9 Å². The number of hydrogen-bond donors (Lipinski definition) is 0. The van der Waals surface area contributed by atoms with E-state index in [1.54, 1.807) is 81.4 Å². The Hall–Kier alpha value is -3.44. The second-order valence-corrected chi connectivity index (χ2v) is 10.8. The molecule has 38 heavy (non-hydrogen) atoms. The first-order chi connectivity index (χ1) is 18.0. The SMILES string of the molecule is CN(C(=O)OC(C)(C)C)C1=N[C@@H]2[C@H](F)[C@H](OC(=O)c3ccccc3)[C@@H](COC(=O)c3ccccc3)O[C@@H]2S1. The summed E-state index contributed by atoms with van der Waals surface area (Å²) in [5, 5.41) is 0.201. The van der Waals surface area contributed by atoms with E-state index in [0.717, 1.165) is 11.8 Å². The zero-order valence-electron chi connectivity index (χ0n) is 21.4. The van der Waals surface area contributed by atoms with Crippen molar-refractivity contribution in [3.8, 4) is 0 Å². The van der Waals surface area contributed by atoms with E-state index in [4.69, 9.17) is 18.9 Å². The van der Waals surface area contributed by atoms with Gasteiger partial charge in [0, 0.05) is 7.05 Å². The first-order valence-electron chi connectivity index (χ1n) is 12.0. The predicted molar refractivity (Wildman–Crippen MR) is 139 cm³/mol. The minimum absolute atomic E-state index is 0.201. The molecule has 9 nitrogen and oxygen atoms in total. The van der Waals surface area contributed by atoms with Gasteiger partial charge in [-0.3, -0.25) is 9.89 Å². The third kappa shape index (κ3) is 6.51. The van der Waals surface area contributed by atoms with Gasteiger partial charge in [-0.1, -0.05) is 48.2 Å². The maximum atomic E-state index is 15.9. The van der Waals surface area contributed by atoms with E-state index in [1.165, 1.54) is 11.9 Å². The molecule has 0 unspecified atom stereocenters. The number of benzene rings is 2. The summed E-state index contributed by atoms with van der Waals surface area (Å²) in [6.07, 6.45) is -4.97. The molecule has 2 aromatic carbocycles. The lowest BCUT2D eigenvalue weighted by molar-refractivity contribution is -0.149. The Morgan fingerprint density at radius 2 is 1.58 bits per heavy atom. The number of halogens is 1. The first kappa shape index (κ1) is 27.6. The molecule has 0 aromatic heterocycles. The van der Waals surface area contributed by atoms with Crippen molar-refractivity contribution >= 4 is 35.0 Å². The molecular weight excluding hydrogens is 515 g/mol. The number of hydrogen-bond acceptors (Lipinski definition) is 9. The largest absolute Gasteiger partial charge is 0.459 e. The van der Waals surface area contributed by atoms with E-state index in [-0.39, 0.29) is 17.3 Å². The van der Waals surface area contributed by atoms with Crippen LogP contribution in [0.25, 0.3) is 0 Å².